The van der Waals surface area contributed by atoms with E-state index in [4.69, 9.17) is 19.9 Å². The Labute approximate surface area is 215 Å². The van der Waals surface area contributed by atoms with E-state index in [1.807, 2.05) is 0 Å². The summed E-state index contributed by atoms with van der Waals surface area (Å²) in [6.07, 6.45) is 0. The summed E-state index contributed by atoms with van der Waals surface area (Å²) in [6.45, 7) is 0. The van der Waals surface area contributed by atoms with E-state index in [-0.39, 0.29) is 29.2 Å². The first-order valence-electron chi connectivity index (χ1n) is 10.1. The maximum atomic E-state index is 13.6. The van der Waals surface area contributed by atoms with Crippen LogP contribution in [0.15, 0.2) is 63.9 Å². The Bertz CT molecular complexity index is 1460. The fourth-order valence-corrected chi connectivity index (χ4v) is 4.41. The number of anilines is 1. The van der Waals surface area contributed by atoms with Gasteiger partial charge in [-0.2, -0.15) is 0 Å². The molecule has 1 aromatic heterocycles. The highest BCUT2D eigenvalue weighted by Crippen LogP contribution is 2.42. The number of halogens is 2. The lowest BCUT2D eigenvalue weighted by Gasteiger charge is -2.20. The Morgan fingerprint density at radius 1 is 0.943 bits per heavy atom. The molecule has 182 valence electrons. The van der Waals surface area contributed by atoms with Crippen molar-refractivity contribution in [2.24, 2.45) is 0 Å². The molecule has 0 saturated heterocycles. The number of ether oxygens (including phenoxy) is 3. The van der Waals surface area contributed by atoms with Gasteiger partial charge < -0.3 is 25.1 Å². The molecule has 0 bridgehead atoms. The Morgan fingerprint density at radius 3 is 2.09 bits per heavy atom. The maximum absolute atomic E-state index is 13.6. The summed E-state index contributed by atoms with van der Waals surface area (Å²) in [5.41, 5.74) is 7.18. The first-order valence-corrected chi connectivity index (χ1v) is 10.9. The van der Waals surface area contributed by atoms with Crippen molar-refractivity contribution >= 4 is 50.8 Å². The second-order valence-corrected chi connectivity index (χ2v) is 8.16. The van der Waals surface area contributed by atoms with Crippen molar-refractivity contribution in [1.29, 1.82) is 0 Å². The van der Waals surface area contributed by atoms with E-state index in [1.54, 1.807) is 42.5 Å². The van der Waals surface area contributed by atoms with Crippen molar-refractivity contribution < 1.29 is 24.1 Å². The van der Waals surface area contributed by atoms with Crippen LogP contribution in [0.2, 0.25) is 0 Å². The molecular weight excluding hydrogens is 540 g/mol. The topological polar surface area (TPSA) is 113 Å². The zero-order valence-electron chi connectivity index (χ0n) is 19.0. The minimum atomic E-state index is -0.722. The number of phenolic OH excluding ortho intramolecular Hbond substituents is 1. The highest BCUT2D eigenvalue weighted by Gasteiger charge is 2.26. The number of carbonyl (C=O) groups excluding carboxylic acids is 1. The third-order valence-corrected chi connectivity index (χ3v) is 6.21. The largest absolute Gasteiger partial charge is 0.508 e. The number of phenols is 1. The van der Waals surface area contributed by atoms with Crippen molar-refractivity contribution in [3.05, 3.63) is 75.1 Å². The summed E-state index contributed by atoms with van der Waals surface area (Å²) in [5, 5.41) is 10.8. The SMILES string of the molecule is COC(=O)c1c(-c2cc(OC)c(Br)c(OC)c2)c2ccc(O)cc2c(=O)n1-c1ccc(N)cc1.Cl. The molecule has 0 amide bonds. The number of pyridine rings is 1. The van der Waals surface area contributed by atoms with Gasteiger partial charge in [0.05, 0.1) is 26.7 Å². The molecule has 0 unspecified atom stereocenters. The lowest BCUT2D eigenvalue weighted by Crippen LogP contribution is -2.26. The number of hydrogen-bond acceptors (Lipinski definition) is 7. The standard InChI is InChI=1S/C25H21BrN2O6.ClH/c1-32-19-10-13(11-20(33-2)22(19)26)21-17-9-8-16(29)12-18(17)24(30)28(23(21)25(31)34-3)15-6-4-14(27)5-7-15;/h4-12,29H,27H2,1-3H3;1H. The van der Waals surface area contributed by atoms with Gasteiger partial charge in [0, 0.05) is 16.9 Å². The molecule has 0 saturated carbocycles. The van der Waals surface area contributed by atoms with E-state index in [0.717, 1.165) is 0 Å². The molecule has 0 aliphatic rings. The normalized spacial score (nSPS) is 10.5. The minimum absolute atomic E-state index is 0. The summed E-state index contributed by atoms with van der Waals surface area (Å²) in [6, 6.07) is 14.4. The van der Waals surface area contributed by atoms with Crippen molar-refractivity contribution in [3.63, 3.8) is 0 Å². The molecule has 0 aliphatic heterocycles. The number of benzene rings is 3. The Kier molecular flexibility index (Phi) is 7.62. The molecule has 10 heteroatoms. The summed E-state index contributed by atoms with van der Waals surface area (Å²) in [5.74, 6) is 0.112. The van der Waals surface area contributed by atoms with Gasteiger partial charge in [-0.05, 0) is 81.5 Å². The third-order valence-electron chi connectivity index (χ3n) is 5.43. The van der Waals surface area contributed by atoms with Crippen LogP contribution in [0.1, 0.15) is 10.5 Å². The first kappa shape index (κ1) is 25.9. The minimum Gasteiger partial charge on any atom is -0.508 e. The number of methoxy groups -OCH3 is 3. The number of nitrogens with zero attached hydrogens (tertiary/aromatic N) is 1. The van der Waals surface area contributed by atoms with Crippen molar-refractivity contribution in [1.82, 2.24) is 4.57 Å². The predicted molar refractivity (Wildman–Crippen MR) is 140 cm³/mol. The van der Waals surface area contributed by atoms with E-state index in [0.29, 0.717) is 43.9 Å². The van der Waals surface area contributed by atoms with Crippen LogP contribution < -0.4 is 20.8 Å². The number of nitrogens with two attached hydrogens (primary N) is 1. The molecular formula is C25H22BrClN2O6. The van der Waals surface area contributed by atoms with Gasteiger partial charge in [-0.1, -0.05) is 0 Å². The van der Waals surface area contributed by atoms with Gasteiger partial charge in [0.25, 0.3) is 5.56 Å². The molecule has 4 aromatic rings. The highest BCUT2D eigenvalue weighted by atomic mass is 79.9. The Balaban J connectivity index is 0.00000342. The van der Waals surface area contributed by atoms with Crippen LogP contribution in [0.25, 0.3) is 27.6 Å². The number of aromatic hydroxyl groups is 1. The number of fused-ring (bicyclic) bond motifs is 1. The number of hydrogen-bond donors (Lipinski definition) is 2. The molecule has 0 radical (unpaired) electrons. The van der Waals surface area contributed by atoms with Crippen LogP contribution >= 0.6 is 28.3 Å². The van der Waals surface area contributed by atoms with E-state index in [1.165, 1.54) is 38.0 Å². The van der Waals surface area contributed by atoms with Gasteiger partial charge in [-0.15, -0.1) is 12.4 Å². The maximum Gasteiger partial charge on any atom is 0.355 e. The smallest absolute Gasteiger partial charge is 0.355 e. The zero-order valence-corrected chi connectivity index (χ0v) is 21.4. The predicted octanol–water partition coefficient (Wildman–Crippen LogP) is 4.93. The van der Waals surface area contributed by atoms with Crippen molar-refractivity contribution in [2.75, 3.05) is 27.1 Å². The highest BCUT2D eigenvalue weighted by molar-refractivity contribution is 9.10. The van der Waals surface area contributed by atoms with Gasteiger partial charge >= 0.3 is 5.97 Å². The quantitative estimate of drug-likeness (QED) is 0.262. The molecule has 0 aliphatic carbocycles. The van der Waals surface area contributed by atoms with E-state index < -0.39 is 11.5 Å². The lowest BCUT2D eigenvalue weighted by molar-refractivity contribution is 0.0591. The van der Waals surface area contributed by atoms with Crippen LogP contribution in [-0.4, -0.2) is 37.0 Å². The van der Waals surface area contributed by atoms with Crippen LogP contribution in [0.3, 0.4) is 0 Å². The molecule has 0 spiro atoms. The average Bonchev–Trinajstić information content (AvgIpc) is 2.84. The van der Waals surface area contributed by atoms with Gasteiger partial charge in [0.15, 0.2) is 0 Å². The molecule has 4 rings (SSSR count). The van der Waals surface area contributed by atoms with E-state index >= 15 is 0 Å². The van der Waals surface area contributed by atoms with Crippen LogP contribution in [0.4, 0.5) is 5.69 Å². The Morgan fingerprint density at radius 2 is 1.54 bits per heavy atom. The number of aromatic nitrogens is 1. The molecule has 0 atom stereocenters. The van der Waals surface area contributed by atoms with E-state index in [2.05, 4.69) is 15.9 Å². The van der Waals surface area contributed by atoms with Gasteiger partial charge in [0.1, 0.15) is 27.4 Å². The monoisotopic (exact) mass is 560 g/mol. The van der Waals surface area contributed by atoms with Crippen LogP contribution in [0.5, 0.6) is 17.2 Å². The fourth-order valence-electron chi connectivity index (χ4n) is 3.85. The molecule has 1 heterocycles. The summed E-state index contributed by atoms with van der Waals surface area (Å²) in [4.78, 5) is 26.8. The number of carbonyl (C=O) groups is 1. The lowest BCUT2D eigenvalue weighted by atomic mass is 9.95. The van der Waals surface area contributed by atoms with Gasteiger partial charge in [-0.3, -0.25) is 9.36 Å². The van der Waals surface area contributed by atoms with Gasteiger partial charge in [-0.25, -0.2) is 4.79 Å². The van der Waals surface area contributed by atoms with Crippen molar-refractivity contribution in [2.45, 2.75) is 0 Å². The summed E-state index contributed by atoms with van der Waals surface area (Å²) < 4.78 is 17.9. The average molecular weight is 562 g/mol. The molecule has 3 aromatic carbocycles. The number of esters is 1. The second kappa shape index (κ2) is 10.3. The third kappa shape index (κ3) is 4.52. The molecule has 35 heavy (non-hydrogen) atoms. The molecule has 8 nitrogen and oxygen atoms in total. The Hall–Kier alpha value is -3.69. The first-order chi connectivity index (χ1) is 16.3. The number of rotatable bonds is 5. The van der Waals surface area contributed by atoms with Crippen LogP contribution in [-0.2, 0) is 4.74 Å². The van der Waals surface area contributed by atoms with Crippen molar-refractivity contribution in [3.8, 4) is 34.1 Å². The van der Waals surface area contributed by atoms with Crippen LogP contribution in [0, 0.1) is 0 Å². The zero-order chi connectivity index (χ0) is 24.6. The summed E-state index contributed by atoms with van der Waals surface area (Å²) in [7, 11) is 4.26. The van der Waals surface area contributed by atoms with E-state index in [9.17, 15) is 14.7 Å². The molecule has 3 N–H and O–H groups in total. The number of nitrogen functional groups attached to an aromatic ring is 1. The second-order valence-electron chi connectivity index (χ2n) is 7.37. The summed E-state index contributed by atoms with van der Waals surface area (Å²) >= 11 is 3.46. The fraction of sp³-hybridized carbons (Fsp3) is 0.120. The van der Waals surface area contributed by atoms with Gasteiger partial charge in [0.2, 0.25) is 0 Å². The molecule has 0 fully saturated rings.